The second-order valence-electron chi connectivity index (χ2n) is 16.6. The van der Waals surface area contributed by atoms with Gasteiger partial charge in [0.05, 0.1) is 11.6 Å². The molecule has 1 heterocycles. The topological polar surface area (TPSA) is 62.5 Å². The molecule has 4 heteroatoms. The molecule has 46 heavy (non-hydrogen) atoms. The average Bonchev–Trinajstić information content (AvgIpc) is 3.07. The van der Waals surface area contributed by atoms with Crippen LogP contribution in [0.4, 0.5) is 0 Å². The third kappa shape index (κ3) is 4.41. The van der Waals surface area contributed by atoms with E-state index in [4.69, 9.17) is 15.0 Å². The lowest BCUT2D eigenvalue weighted by Crippen LogP contribution is -2.48. The van der Waals surface area contributed by atoms with Crippen LogP contribution in [0, 0.1) is 46.8 Å². The van der Waals surface area contributed by atoms with Gasteiger partial charge in [0.25, 0.3) is 0 Å². The van der Waals surface area contributed by atoms with E-state index < -0.39 is 0 Å². The van der Waals surface area contributed by atoms with Gasteiger partial charge in [-0.2, -0.15) is 5.26 Å². The first kappa shape index (κ1) is 27.3. The molecule has 0 amide bonds. The average molecular weight is 603 g/mol. The van der Waals surface area contributed by atoms with E-state index in [1.807, 2.05) is 24.3 Å². The molecule has 12 rings (SSSR count). The van der Waals surface area contributed by atoms with Crippen molar-refractivity contribution < 1.29 is 0 Å². The van der Waals surface area contributed by atoms with Gasteiger partial charge >= 0.3 is 0 Å². The summed E-state index contributed by atoms with van der Waals surface area (Å²) in [6, 6.07) is 28.4. The Morgan fingerprint density at radius 3 is 1.41 bits per heavy atom. The maximum absolute atomic E-state index is 9.63. The predicted octanol–water partition coefficient (Wildman–Crippen LogP) is 9.68. The van der Waals surface area contributed by atoms with Gasteiger partial charge in [-0.1, -0.05) is 54.6 Å². The normalized spacial score (nSPS) is 34.9. The van der Waals surface area contributed by atoms with Crippen molar-refractivity contribution in [1.29, 1.82) is 5.26 Å². The van der Waals surface area contributed by atoms with Crippen molar-refractivity contribution in [2.75, 3.05) is 0 Å². The fraction of sp³-hybridized carbons (Fsp3) is 0.476. The predicted molar refractivity (Wildman–Crippen MR) is 181 cm³/mol. The maximum atomic E-state index is 9.63. The molecule has 0 aliphatic heterocycles. The number of nitriles is 1. The molecule has 0 unspecified atom stereocenters. The molecular formula is C42H42N4. The van der Waals surface area contributed by atoms with Gasteiger partial charge in [-0.3, -0.25) is 0 Å². The van der Waals surface area contributed by atoms with Crippen molar-refractivity contribution in [3.05, 3.63) is 89.5 Å². The molecular weight excluding hydrogens is 560 g/mol. The highest BCUT2D eigenvalue weighted by Gasteiger charge is 2.52. The van der Waals surface area contributed by atoms with Crippen molar-refractivity contribution in [2.24, 2.45) is 35.5 Å². The first-order valence-electron chi connectivity index (χ1n) is 18.0. The molecule has 0 saturated heterocycles. The molecule has 8 saturated carbocycles. The Morgan fingerprint density at radius 1 is 0.478 bits per heavy atom. The Kier molecular flexibility index (Phi) is 5.98. The van der Waals surface area contributed by atoms with Crippen molar-refractivity contribution >= 4 is 0 Å². The van der Waals surface area contributed by atoms with Gasteiger partial charge < -0.3 is 0 Å². The van der Waals surface area contributed by atoms with Crippen LogP contribution in [0.2, 0.25) is 0 Å². The SMILES string of the molecule is N#Cc1cccc(-c2nc(-c3ccc(C45C[C@H]6C[C@@H](C4)C[C@@H](C5)C6)cc3)nc(-c3cccc(C45CC6C[C@H](C4)C[C@@H](C6)C5)c3)n2)c1. The van der Waals surface area contributed by atoms with E-state index in [0.717, 1.165) is 58.0 Å². The standard InChI is InChI=1S/C42H42N4/c43-25-26-3-1-4-34(17-26)39-44-38(33-7-9-36(10-8-33)41-19-27-11-28(20-41)13-29(12-27)21-41)45-40(46-39)35-5-2-6-37(18-35)42-22-30-14-31(23-42)16-32(15-30)24-42/h1-10,17-18,27-32H,11-16,19-24H2/t27-,28+,29-,30-,31+,32?,41?,42?. The molecule has 0 radical (unpaired) electrons. The molecule has 0 atom stereocenters. The molecule has 8 bridgehead atoms. The molecule has 230 valence electrons. The summed E-state index contributed by atoms with van der Waals surface area (Å²) in [5, 5.41) is 9.63. The highest BCUT2D eigenvalue weighted by atomic mass is 15.0. The molecule has 4 aromatic rings. The van der Waals surface area contributed by atoms with Gasteiger partial charge in [0.1, 0.15) is 0 Å². The van der Waals surface area contributed by atoms with Crippen LogP contribution in [-0.2, 0) is 10.8 Å². The van der Waals surface area contributed by atoms with Crippen LogP contribution in [0.15, 0.2) is 72.8 Å². The van der Waals surface area contributed by atoms with E-state index in [1.165, 1.54) is 88.2 Å². The molecule has 0 N–H and O–H groups in total. The van der Waals surface area contributed by atoms with Crippen LogP contribution in [0.1, 0.15) is 93.7 Å². The van der Waals surface area contributed by atoms with Gasteiger partial charge in [0.2, 0.25) is 0 Å². The largest absolute Gasteiger partial charge is 0.208 e. The first-order valence-corrected chi connectivity index (χ1v) is 18.0. The van der Waals surface area contributed by atoms with Gasteiger partial charge in [0, 0.05) is 16.7 Å². The van der Waals surface area contributed by atoms with Crippen LogP contribution in [0.25, 0.3) is 34.2 Å². The molecule has 4 nitrogen and oxygen atoms in total. The van der Waals surface area contributed by atoms with Gasteiger partial charge in [-0.25, -0.2) is 15.0 Å². The van der Waals surface area contributed by atoms with Crippen LogP contribution >= 0.6 is 0 Å². The Labute approximate surface area is 272 Å². The van der Waals surface area contributed by atoms with Crippen molar-refractivity contribution in [2.45, 2.75) is 87.9 Å². The fourth-order valence-electron chi connectivity index (χ4n) is 12.4. The summed E-state index contributed by atoms with van der Waals surface area (Å²) in [5.74, 6) is 7.55. The van der Waals surface area contributed by atoms with Gasteiger partial charge in [-0.05, 0) is 153 Å². The Morgan fingerprint density at radius 2 is 0.913 bits per heavy atom. The zero-order valence-corrected chi connectivity index (χ0v) is 26.7. The zero-order valence-electron chi connectivity index (χ0n) is 26.7. The summed E-state index contributed by atoms with van der Waals surface area (Å²) >= 11 is 0. The second-order valence-corrected chi connectivity index (χ2v) is 16.6. The number of benzene rings is 3. The minimum atomic E-state index is 0.317. The highest BCUT2D eigenvalue weighted by Crippen LogP contribution is 2.62. The van der Waals surface area contributed by atoms with E-state index in [0.29, 0.717) is 28.0 Å². The van der Waals surface area contributed by atoms with Crippen LogP contribution in [0.5, 0.6) is 0 Å². The smallest absolute Gasteiger partial charge is 0.164 e. The first-order chi connectivity index (χ1) is 22.5. The summed E-state index contributed by atoms with van der Waals surface area (Å²) in [6.07, 6.45) is 16.9. The monoisotopic (exact) mass is 602 g/mol. The van der Waals surface area contributed by atoms with Crippen LogP contribution in [0.3, 0.4) is 0 Å². The lowest BCUT2D eigenvalue weighted by molar-refractivity contribution is -0.00529. The Hall–Kier alpha value is -3.84. The Balaban J connectivity index is 1.04. The zero-order chi connectivity index (χ0) is 30.5. The second kappa shape index (κ2) is 10.1. The highest BCUT2D eigenvalue weighted by molar-refractivity contribution is 5.68. The van der Waals surface area contributed by atoms with Gasteiger partial charge in [0.15, 0.2) is 17.5 Å². The van der Waals surface area contributed by atoms with E-state index >= 15 is 0 Å². The van der Waals surface area contributed by atoms with E-state index in [1.54, 1.807) is 0 Å². The van der Waals surface area contributed by atoms with E-state index in [9.17, 15) is 5.26 Å². The molecule has 8 fully saturated rings. The number of aromatic nitrogens is 3. The third-order valence-electron chi connectivity index (χ3n) is 13.5. The van der Waals surface area contributed by atoms with Crippen LogP contribution < -0.4 is 0 Å². The number of rotatable bonds is 5. The van der Waals surface area contributed by atoms with Crippen molar-refractivity contribution in [3.8, 4) is 40.2 Å². The Bertz CT molecular complexity index is 1810. The van der Waals surface area contributed by atoms with Crippen molar-refractivity contribution in [1.82, 2.24) is 15.0 Å². The minimum Gasteiger partial charge on any atom is -0.208 e. The summed E-state index contributed by atoms with van der Waals surface area (Å²) < 4.78 is 0. The summed E-state index contributed by atoms with van der Waals surface area (Å²) in [7, 11) is 0. The molecule has 0 spiro atoms. The van der Waals surface area contributed by atoms with Gasteiger partial charge in [-0.15, -0.1) is 0 Å². The number of nitrogens with zero attached hydrogens (tertiary/aromatic N) is 4. The van der Waals surface area contributed by atoms with E-state index in [-0.39, 0.29) is 0 Å². The summed E-state index contributed by atoms with van der Waals surface area (Å²) in [4.78, 5) is 15.3. The fourth-order valence-corrected chi connectivity index (χ4v) is 12.4. The molecule has 3 aromatic carbocycles. The number of hydrogen-bond donors (Lipinski definition) is 0. The maximum Gasteiger partial charge on any atom is 0.164 e. The summed E-state index contributed by atoms with van der Waals surface area (Å²) in [5.41, 5.74) is 7.27. The molecule has 1 aromatic heterocycles. The minimum absolute atomic E-state index is 0.317. The third-order valence-corrected chi connectivity index (χ3v) is 13.5. The van der Waals surface area contributed by atoms with Crippen LogP contribution in [-0.4, -0.2) is 15.0 Å². The molecule has 8 aliphatic rings. The summed E-state index contributed by atoms with van der Waals surface area (Å²) in [6.45, 7) is 0. The lowest BCUT2D eigenvalue weighted by Gasteiger charge is -2.57. The van der Waals surface area contributed by atoms with E-state index in [2.05, 4.69) is 54.6 Å². The lowest BCUT2D eigenvalue weighted by atomic mass is 9.48. The quantitative estimate of drug-likeness (QED) is 0.228. The molecule has 8 aliphatic carbocycles. The number of hydrogen-bond acceptors (Lipinski definition) is 4. The van der Waals surface area contributed by atoms with Crippen molar-refractivity contribution in [3.63, 3.8) is 0 Å².